The van der Waals surface area contributed by atoms with Gasteiger partial charge in [0.15, 0.2) is 0 Å². The molecule has 8 nitrogen and oxygen atoms in total. The van der Waals surface area contributed by atoms with Crippen LogP contribution in [0.3, 0.4) is 0 Å². The Bertz CT molecular complexity index is 303. The molecular formula is C4H12O8S2. The van der Waals surface area contributed by atoms with Crippen molar-refractivity contribution in [3.8, 4) is 0 Å². The van der Waals surface area contributed by atoms with Crippen molar-refractivity contribution in [3.05, 3.63) is 0 Å². The van der Waals surface area contributed by atoms with Crippen LogP contribution in [-0.2, 0) is 24.6 Å². The molecule has 0 radical (unpaired) electrons. The van der Waals surface area contributed by atoms with E-state index in [-0.39, 0.29) is 5.75 Å². The lowest BCUT2D eigenvalue weighted by Gasteiger charge is -1.88. The molecule has 0 unspecified atom stereocenters. The maximum atomic E-state index is 9.90. The summed E-state index contributed by atoms with van der Waals surface area (Å²) in [5.41, 5.74) is 0. The lowest BCUT2D eigenvalue weighted by atomic mass is 10.9. The van der Waals surface area contributed by atoms with E-state index < -0.39 is 32.6 Å². The largest absolute Gasteiger partial charge is 0.395 e. The number of hydrogen-bond donors (Lipinski definition) is 3. The van der Waals surface area contributed by atoms with E-state index in [1.54, 1.807) is 0 Å². The molecule has 0 aromatic carbocycles. The van der Waals surface area contributed by atoms with Gasteiger partial charge in [-0.25, -0.2) is 5.26 Å². The zero-order valence-corrected chi connectivity index (χ0v) is 8.95. The molecule has 0 rings (SSSR count). The van der Waals surface area contributed by atoms with Crippen LogP contribution in [-0.4, -0.2) is 49.9 Å². The summed E-state index contributed by atoms with van der Waals surface area (Å²) in [5.74, 6) is -0.781. The third-order valence-electron chi connectivity index (χ3n) is 0.816. The minimum atomic E-state index is -3.92. The van der Waals surface area contributed by atoms with Crippen molar-refractivity contribution in [2.45, 2.75) is 6.92 Å². The molecule has 88 valence electrons. The first-order valence-electron chi connectivity index (χ1n) is 3.30. The van der Waals surface area contributed by atoms with Crippen LogP contribution in [0.4, 0.5) is 0 Å². The monoisotopic (exact) mass is 252 g/mol. The van der Waals surface area contributed by atoms with Gasteiger partial charge in [-0.2, -0.15) is 16.8 Å². The normalized spacial score (nSPS) is 11.7. The van der Waals surface area contributed by atoms with Gasteiger partial charge in [-0.1, -0.05) is 0 Å². The summed E-state index contributed by atoms with van der Waals surface area (Å²) >= 11 is 0. The third kappa shape index (κ3) is 14.3. The van der Waals surface area contributed by atoms with E-state index >= 15 is 0 Å². The van der Waals surface area contributed by atoms with E-state index in [9.17, 15) is 16.8 Å². The van der Waals surface area contributed by atoms with Gasteiger partial charge in [0.2, 0.25) is 0 Å². The zero-order chi connectivity index (χ0) is 11.8. The van der Waals surface area contributed by atoms with Crippen LogP contribution in [0.1, 0.15) is 6.92 Å². The Balaban J connectivity index is 0. The molecule has 0 aliphatic rings. The highest BCUT2D eigenvalue weighted by Crippen LogP contribution is 1.84. The quantitative estimate of drug-likeness (QED) is 0.318. The molecule has 0 aliphatic carbocycles. The second-order valence-electron chi connectivity index (χ2n) is 1.93. The second kappa shape index (κ2) is 7.09. The first-order valence-corrected chi connectivity index (χ1v) is 6.49. The molecule has 0 aromatic rings. The fourth-order valence-electron chi connectivity index (χ4n) is 0.168. The van der Waals surface area contributed by atoms with E-state index in [4.69, 9.17) is 14.9 Å². The first-order chi connectivity index (χ1) is 6.18. The van der Waals surface area contributed by atoms with Crippen LogP contribution >= 0.6 is 0 Å². The van der Waals surface area contributed by atoms with Crippen LogP contribution in [0.5, 0.6) is 0 Å². The Morgan fingerprint density at radius 3 is 1.64 bits per heavy atom. The van der Waals surface area contributed by atoms with Crippen LogP contribution in [0.15, 0.2) is 0 Å². The van der Waals surface area contributed by atoms with Crippen molar-refractivity contribution in [2.75, 3.05) is 18.1 Å². The summed E-state index contributed by atoms with van der Waals surface area (Å²) in [4.78, 5) is 0. The van der Waals surface area contributed by atoms with E-state index in [1.807, 2.05) is 0 Å². The predicted octanol–water partition coefficient (Wildman–Crippen LogP) is -1.31. The van der Waals surface area contributed by atoms with Gasteiger partial charge in [0, 0.05) is 0 Å². The second-order valence-corrected chi connectivity index (χ2v) is 5.34. The molecule has 0 saturated carbocycles. The number of rotatable bonds is 4. The molecule has 10 heteroatoms. The zero-order valence-electron chi connectivity index (χ0n) is 7.32. The molecule has 0 fully saturated rings. The molecule has 0 heterocycles. The molecule has 0 bridgehead atoms. The van der Waals surface area contributed by atoms with Gasteiger partial charge >= 0.3 is 0 Å². The van der Waals surface area contributed by atoms with Gasteiger partial charge in [-0.15, -0.1) is 4.33 Å². The summed E-state index contributed by atoms with van der Waals surface area (Å²) in [6.07, 6.45) is 0. The highest BCUT2D eigenvalue weighted by Gasteiger charge is 2.02. The fraction of sp³-hybridized carbons (Fsp3) is 1.00. The summed E-state index contributed by atoms with van der Waals surface area (Å²) in [6.45, 7) is 0.838. The molecule has 3 N–H and O–H groups in total. The summed E-state index contributed by atoms with van der Waals surface area (Å²) in [7, 11) is -7.53. The SMILES string of the molecule is CCS(=O)(=O)OO.O=S(=O)(O)CCO. The Kier molecular flexibility index (Phi) is 8.19. The lowest BCUT2D eigenvalue weighted by Crippen LogP contribution is -2.06. The van der Waals surface area contributed by atoms with Gasteiger partial charge in [-0.05, 0) is 6.92 Å². The molecule has 0 spiro atoms. The summed E-state index contributed by atoms with van der Waals surface area (Å²) < 4.78 is 49.9. The summed E-state index contributed by atoms with van der Waals surface area (Å²) in [6, 6.07) is 0. The number of hydrogen-bond acceptors (Lipinski definition) is 7. The number of aliphatic hydroxyl groups is 1. The minimum Gasteiger partial charge on any atom is -0.395 e. The highest BCUT2D eigenvalue weighted by atomic mass is 32.2. The van der Waals surface area contributed by atoms with E-state index in [0.717, 1.165) is 0 Å². The average Bonchev–Trinajstić information content (AvgIpc) is 2.04. The highest BCUT2D eigenvalue weighted by molar-refractivity contribution is 7.86. The maximum Gasteiger partial charge on any atom is 0.293 e. The van der Waals surface area contributed by atoms with Crippen LogP contribution in [0, 0.1) is 0 Å². The van der Waals surface area contributed by atoms with Crippen LogP contribution in [0.25, 0.3) is 0 Å². The number of aliphatic hydroxyl groups excluding tert-OH is 1. The van der Waals surface area contributed by atoms with Crippen molar-refractivity contribution < 1.29 is 36.1 Å². The van der Waals surface area contributed by atoms with Crippen molar-refractivity contribution in [1.29, 1.82) is 0 Å². The minimum absolute atomic E-state index is 0.205. The van der Waals surface area contributed by atoms with E-state index in [0.29, 0.717) is 0 Å². The first kappa shape index (κ1) is 16.2. The Morgan fingerprint density at radius 2 is 1.64 bits per heavy atom. The molecule has 0 atom stereocenters. The molecule has 0 amide bonds. The Hall–Kier alpha value is -0.260. The van der Waals surface area contributed by atoms with Crippen molar-refractivity contribution in [1.82, 2.24) is 0 Å². The van der Waals surface area contributed by atoms with E-state index in [2.05, 4.69) is 4.33 Å². The van der Waals surface area contributed by atoms with Gasteiger partial charge in [0.25, 0.3) is 20.2 Å². The standard InChI is InChI=1S/2C2H6O4S/c1-2-7(4,5)6-3;3-1-2-7(4,5)6/h3H,2H2,1H3;3H,1-2H2,(H,4,5,6). The topological polar surface area (TPSA) is 138 Å². The van der Waals surface area contributed by atoms with Crippen LogP contribution < -0.4 is 0 Å². The van der Waals surface area contributed by atoms with Crippen molar-refractivity contribution in [2.24, 2.45) is 0 Å². The fourth-order valence-corrected chi connectivity index (χ4v) is 0.504. The van der Waals surface area contributed by atoms with Gasteiger partial charge in [0.1, 0.15) is 0 Å². The summed E-state index contributed by atoms with van der Waals surface area (Å²) in [5, 5.41) is 15.4. The van der Waals surface area contributed by atoms with Gasteiger partial charge in [0.05, 0.1) is 18.1 Å². The lowest BCUT2D eigenvalue weighted by molar-refractivity contribution is -0.130. The molecule has 14 heavy (non-hydrogen) atoms. The molecule has 0 aromatic heterocycles. The third-order valence-corrected chi connectivity index (χ3v) is 2.45. The smallest absolute Gasteiger partial charge is 0.293 e. The van der Waals surface area contributed by atoms with E-state index in [1.165, 1.54) is 6.92 Å². The van der Waals surface area contributed by atoms with Crippen molar-refractivity contribution in [3.63, 3.8) is 0 Å². The molecule has 0 saturated heterocycles. The predicted molar refractivity (Wildman–Crippen MR) is 46.7 cm³/mol. The van der Waals surface area contributed by atoms with Crippen LogP contribution in [0.2, 0.25) is 0 Å². The molecule has 0 aliphatic heterocycles. The maximum absolute atomic E-state index is 9.90. The Morgan fingerprint density at radius 1 is 1.21 bits per heavy atom. The van der Waals surface area contributed by atoms with Gasteiger partial charge < -0.3 is 5.11 Å². The van der Waals surface area contributed by atoms with Gasteiger partial charge in [-0.3, -0.25) is 4.55 Å². The average molecular weight is 252 g/mol. The Labute approximate surface area is 81.9 Å². The molecular weight excluding hydrogens is 240 g/mol. The van der Waals surface area contributed by atoms with Crippen molar-refractivity contribution >= 4 is 20.2 Å².